The largest absolute Gasteiger partial charge is 0.370 e. The molecule has 0 aliphatic rings. The van der Waals surface area contributed by atoms with Crippen molar-refractivity contribution in [1.29, 1.82) is 0 Å². The molecule has 5 nitrogen and oxygen atoms in total. The highest BCUT2D eigenvalue weighted by Crippen LogP contribution is 2.23. The van der Waals surface area contributed by atoms with E-state index in [-0.39, 0.29) is 22.9 Å². The second kappa shape index (κ2) is 6.02. The van der Waals surface area contributed by atoms with Crippen LogP contribution in [0.2, 0.25) is 5.15 Å². The number of hydrogen-bond acceptors (Lipinski definition) is 3. The van der Waals surface area contributed by atoms with Crippen LogP contribution >= 0.6 is 11.6 Å². The van der Waals surface area contributed by atoms with E-state index in [0.29, 0.717) is 5.56 Å². The molecule has 1 aromatic rings. The van der Waals surface area contributed by atoms with Crippen molar-refractivity contribution in [3.8, 4) is 0 Å². The average Bonchev–Trinajstić information content (AvgIpc) is 2.24. The summed E-state index contributed by atoms with van der Waals surface area (Å²) in [4.78, 5) is 27.6. The maximum Gasteiger partial charge on any atom is 0.251 e. The lowest BCUT2D eigenvalue weighted by atomic mass is 9.90. The van der Waals surface area contributed by atoms with Gasteiger partial charge in [0, 0.05) is 28.6 Å². The van der Waals surface area contributed by atoms with E-state index in [9.17, 15) is 9.59 Å². The van der Waals surface area contributed by atoms with Gasteiger partial charge in [0.15, 0.2) is 0 Å². The Labute approximate surface area is 130 Å². The van der Waals surface area contributed by atoms with Gasteiger partial charge in [-0.15, -0.1) is 0 Å². The standard InChI is InChI=1S/C15H22ClN3O2/c1-14(2,3)10-6-9(7-11(16)18-10)13(21)19-15(4,5)8-12(17)20/h6-7H,8H2,1-5H3,(H2,17,20)(H,19,21). The molecule has 0 aliphatic heterocycles. The van der Waals surface area contributed by atoms with Gasteiger partial charge < -0.3 is 11.1 Å². The van der Waals surface area contributed by atoms with E-state index >= 15 is 0 Å². The second-order valence-corrected chi connectivity index (χ2v) is 7.18. The van der Waals surface area contributed by atoms with Gasteiger partial charge in [-0.3, -0.25) is 9.59 Å². The van der Waals surface area contributed by atoms with E-state index in [2.05, 4.69) is 10.3 Å². The van der Waals surface area contributed by atoms with Gasteiger partial charge in [-0.1, -0.05) is 32.4 Å². The molecule has 0 atom stereocenters. The number of nitrogens with one attached hydrogen (secondary N) is 1. The molecule has 1 aromatic heterocycles. The molecule has 0 fully saturated rings. The number of amides is 2. The molecule has 0 unspecified atom stereocenters. The smallest absolute Gasteiger partial charge is 0.251 e. The molecule has 1 heterocycles. The highest BCUT2D eigenvalue weighted by Gasteiger charge is 2.25. The lowest BCUT2D eigenvalue weighted by Crippen LogP contribution is -2.46. The summed E-state index contributed by atoms with van der Waals surface area (Å²) >= 11 is 5.99. The molecule has 21 heavy (non-hydrogen) atoms. The summed E-state index contributed by atoms with van der Waals surface area (Å²) in [5.74, 6) is -0.778. The van der Waals surface area contributed by atoms with Crippen LogP contribution in [0.4, 0.5) is 0 Å². The van der Waals surface area contributed by atoms with Crippen molar-refractivity contribution < 1.29 is 9.59 Å². The van der Waals surface area contributed by atoms with Crippen molar-refractivity contribution in [1.82, 2.24) is 10.3 Å². The zero-order valence-electron chi connectivity index (χ0n) is 13.1. The number of nitrogens with two attached hydrogens (primary N) is 1. The van der Waals surface area contributed by atoms with Crippen LogP contribution in [-0.2, 0) is 10.2 Å². The van der Waals surface area contributed by atoms with Crippen molar-refractivity contribution in [2.75, 3.05) is 0 Å². The summed E-state index contributed by atoms with van der Waals surface area (Å²) in [7, 11) is 0. The number of carbonyl (C=O) groups excluding carboxylic acids is 2. The molecule has 2 amide bonds. The lowest BCUT2D eigenvalue weighted by molar-refractivity contribution is -0.119. The maximum atomic E-state index is 12.3. The zero-order valence-corrected chi connectivity index (χ0v) is 13.8. The van der Waals surface area contributed by atoms with Gasteiger partial charge in [0.05, 0.1) is 0 Å². The SMILES string of the molecule is CC(C)(CC(N)=O)NC(=O)c1cc(Cl)nc(C(C)(C)C)c1. The number of nitrogens with zero attached hydrogens (tertiary/aromatic N) is 1. The molecule has 0 radical (unpaired) electrons. The van der Waals surface area contributed by atoms with E-state index in [0.717, 1.165) is 5.69 Å². The Morgan fingerprint density at radius 1 is 1.24 bits per heavy atom. The number of pyridine rings is 1. The van der Waals surface area contributed by atoms with Gasteiger partial charge in [0.25, 0.3) is 5.91 Å². The quantitative estimate of drug-likeness (QED) is 0.837. The summed E-state index contributed by atoms with van der Waals surface area (Å²) in [5.41, 5.74) is 5.38. The Morgan fingerprint density at radius 2 is 1.81 bits per heavy atom. The van der Waals surface area contributed by atoms with Crippen molar-refractivity contribution in [2.24, 2.45) is 5.73 Å². The summed E-state index contributed by atoms with van der Waals surface area (Å²) in [6.07, 6.45) is 0.0592. The van der Waals surface area contributed by atoms with E-state index in [1.165, 1.54) is 6.07 Å². The molecular weight excluding hydrogens is 290 g/mol. The van der Waals surface area contributed by atoms with Crippen LogP contribution in [-0.4, -0.2) is 22.3 Å². The molecule has 1 rings (SSSR count). The fourth-order valence-electron chi connectivity index (χ4n) is 1.87. The predicted molar refractivity (Wildman–Crippen MR) is 83.3 cm³/mol. The highest BCUT2D eigenvalue weighted by atomic mass is 35.5. The van der Waals surface area contributed by atoms with Crippen LogP contribution in [0.25, 0.3) is 0 Å². The molecule has 0 saturated carbocycles. The zero-order chi connectivity index (χ0) is 16.4. The first-order chi connectivity index (χ1) is 9.40. The van der Waals surface area contributed by atoms with E-state index < -0.39 is 11.4 Å². The Balaban J connectivity index is 3.03. The first kappa shape index (κ1) is 17.4. The van der Waals surface area contributed by atoms with E-state index in [1.807, 2.05) is 20.8 Å². The third-order valence-electron chi connectivity index (χ3n) is 2.89. The minimum atomic E-state index is -0.722. The number of hydrogen-bond donors (Lipinski definition) is 2. The third kappa shape index (κ3) is 5.34. The summed E-state index contributed by atoms with van der Waals surface area (Å²) < 4.78 is 0. The Kier molecular flexibility index (Phi) is 4.99. The third-order valence-corrected chi connectivity index (χ3v) is 3.09. The molecule has 6 heteroatoms. The molecule has 0 aromatic carbocycles. The van der Waals surface area contributed by atoms with Crippen LogP contribution in [0, 0.1) is 0 Å². The fraction of sp³-hybridized carbons (Fsp3) is 0.533. The van der Waals surface area contributed by atoms with Crippen molar-refractivity contribution >= 4 is 23.4 Å². The van der Waals surface area contributed by atoms with Crippen molar-refractivity contribution in [2.45, 2.75) is 52.0 Å². The molecule has 3 N–H and O–H groups in total. The van der Waals surface area contributed by atoms with E-state index in [4.69, 9.17) is 17.3 Å². The average molecular weight is 312 g/mol. The highest BCUT2D eigenvalue weighted by molar-refractivity contribution is 6.29. The van der Waals surface area contributed by atoms with Crippen LogP contribution in [0.15, 0.2) is 12.1 Å². The predicted octanol–water partition coefficient (Wildman–Crippen LogP) is 2.42. The van der Waals surface area contributed by atoms with Crippen LogP contribution in [0.3, 0.4) is 0 Å². The minimum absolute atomic E-state index is 0.0592. The lowest BCUT2D eigenvalue weighted by Gasteiger charge is -2.25. The van der Waals surface area contributed by atoms with Crippen LogP contribution < -0.4 is 11.1 Å². The number of primary amides is 1. The molecule has 0 aliphatic carbocycles. The van der Waals surface area contributed by atoms with Crippen molar-refractivity contribution in [3.63, 3.8) is 0 Å². The molecule has 0 saturated heterocycles. The Morgan fingerprint density at radius 3 is 2.29 bits per heavy atom. The maximum absolute atomic E-state index is 12.3. The Hall–Kier alpha value is -1.62. The molecular formula is C15H22ClN3O2. The molecule has 0 bridgehead atoms. The second-order valence-electron chi connectivity index (χ2n) is 6.79. The Bertz CT molecular complexity index is 563. The van der Waals surface area contributed by atoms with Gasteiger partial charge in [0.1, 0.15) is 5.15 Å². The first-order valence-corrected chi connectivity index (χ1v) is 7.07. The number of carbonyl (C=O) groups is 2. The summed E-state index contributed by atoms with van der Waals surface area (Å²) in [6.45, 7) is 9.45. The van der Waals surface area contributed by atoms with Crippen molar-refractivity contribution in [3.05, 3.63) is 28.5 Å². The number of rotatable bonds is 4. The van der Waals surface area contributed by atoms with Gasteiger partial charge >= 0.3 is 0 Å². The van der Waals surface area contributed by atoms with Gasteiger partial charge in [0.2, 0.25) is 5.91 Å². The van der Waals surface area contributed by atoms with Crippen LogP contribution in [0.1, 0.15) is 57.1 Å². The van der Waals surface area contributed by atoms with Gasteiger partial charge in [-0.2, -0.15) is 0 Å². The normalized spacial score (nSPS) is 12.1. The topological polar surface area (TPSA) is 85.1 Å². The number of aromatic nitrogens is 1. The van der Waals surface area contributed by atoms with Gasteiger partial charge in [-0.05, 0) is 26.0 Å². The molecule has 116 valence electrons. The fourth-order valence-corrected chi connectivity index (χ4v) is 2.08. The summed E-state index contributed by atoms with van der Waals surface area (Å²) in [5, 5.41) is 3.05. The molecule has 0 spiro atoms. The van der Waals surface area contributed by atoms with E-state index in [1.54, 1.807) is 19.9 Å². The monoisotopic (exact) mass is 311 g/mol. The van der Waals surface area contributed by atoms with Gasteiger partial charge in [-0.25, -0.2) is 4.98 Å². The first-order valence-electron chi connectivity index (χ1n) is 6.69. The van der Waals surface area contributed by atoms with Crippen LogP contribution in [0.5, 0.6) is 0 Å². The number of halogens is 1. The summed E-state index contributed by atoms with van der Waals surface area (Å²) in [6, 6.07) is 3.22. The minimum Gasteiger partial charge on any atom is -0.370 e.